The monoisotopic (exact) mass is 294 g/mol. The molecule has 1 aromatic carbocycles. The maximum atomic E-state index is 11.4. The molecule has 6 nitrogen and oxygen atoms in total. The van der Waals surface area contributed by atoms with Crippen LogP contribution in [0.4, 0.5) is 11.4 Å². The second-order valence-electron chi connectivity index (χ2n) is 3.66. The summed E-state index contributed by atoms with van der Waals surface area (Å²) in [4.78, 5) is 21.8. The quantitative estimate of drug-likeness (QED) is 0.273. The highest BCUT2D eigenvalue weighted by atomic mass is 32.2. The molecule has 0 aliphatic rings. The minimum absolute atomic E-state index is 0.0837. The van der Waals surface area contributed by atoms with Crippen LogP contribution in [-0.2, 0) is 4.74 Å². The highest BCUT2D eigenvalue weighted by Crippen LogP contribution is 2.25. The van der Waals surface area contributed by atoms with Gasteiger partial charge in [-0.25, -0.2) is 4.79 Å². The topological polar surface area (TPSA) is 81.5 Å². The van der Waals surface area contributed by atoms with E-state index in [9.17, 15) is 14.9 Å². The fraction of sp³-hybridized carbons (Fsp3) is 0.308. The molecule has 0 unspecified atom stereocenters. The Morgan fingerprint density at radius 2 is 2.35 bits per heavy atom. The van der Waals surface area contributed by atoms with E-state index in [0.29, 0.717) is 23.7 Å². The van der Waals surface area contributed by atoms with Crippen LogP contribution in [-0.4, -0.2) is 36.1 Å². The summed E-state index contributed by atoms with van der Waals surface area (Å²) in [7, 11) is 1.26. The average molecular weight is 294 g/mol. The number of thioether (sulfide) groups is 1. The highest BCUT2D eigenvalue weighted by molar-refractivity contribution is 7.99. The Balaban J connectivity index is 2.81. The molecule has 1 N–H and O–H groups in total. The van der Waals surface area contributed by atoms with Gasteiger partial charge in [0.2, 0.25) is 0 Å². The van der Waals surface area contributed by atoms with Gasteiger partial charge in [-0.1, -0.05) is 5.92 Å². The smallest absolute Gasteiger partial charge is 0.337 e. The van der Waals surface area contributed by atoms with Crippen molar-refractivity contribution in [3.63, 3.8) is 0 Å². The van der Waals surface area contributed by atoms with Gasteiger partial charge < -0.3 is 10.1 Å². The van der Waals surface area contributed by atoms with Gasteiger partial charge in [0.1, 0.15) is 5.69 Å². The summed E-state index contributed by atoms with van der Waals surface area (Å²) in [6.45, 7) is 0.512. The summed E-state index contributed by atoms with van der Waals surface area (Å²) in [5, 5.41) is 13.9. The molecular formula is C13H14N2O4S. The number of anilines is 1. The van der Waals surface area contributed by atoms with E-state index >= 15 is 0 Å². The number of nitro benzene ring substituents is 1. The Labute approximate surface area is 121 Å². The third kappa shape index (κ3) is 4.48. The maximum Gasteiger partial charge on any atom is 0.337 e. The van der Waals surface area contributed by atoms with Gasteiger partial charge >= 0.3 is 5.97 Å². The van der Waals surface area contributed by atoms with Crippen molar-refractivity contribution in [2.24, 2.45) is 0 Å². The molecule has 0 saturated heterocycles. The predicted octanol–water partition coefficient (Wildman–Crippen LogP) is 2.16. The van der Waals surface area contributed by atoms with E-state index in [1.807, 2.05) is 0 Å². The van der Waals surface area contributed by atoms with Crippen LogP contribution in [0.5, 0.6) is 0 Å². The molecule has 7 heteroatoms. The molecule has 0 fully saturated rings. The van der Waals surface area contributed by atoms with Crippen molar-refractivity contribution in [3.05, 3.63) is 33.9 Å². The Bertz CT molecular complexity index is 540. The summed E-state index contributed by atoms with van der Waals surface area (Å²) in [6.07, 6.45) is 5.12. The lowest BCUT2D eigenvalue weighted by molar-refractivity contribution is -0.384. The third-order valence-corrected chi connectivity index (χ3v) is 3.23. The second-order valence-corrected chi connectivity index (χ2v) is 4.77. The van der Waals surface area contributed by atoms with Crippen molar-refractivity contribution in [1.82, 2.24) is 0 Å². The zero-order valence-electron chi connectivity index (χ0n) is 10.9. The number of nitrogens with zero attached hydrogens (tertiary/aromatic N) is 1. The number of rotatable bonds is 7. The molecule has 20 heavy (non-hydrogen) atoms. The van der Waals surface area contributed by atoms with Crippen LogP contribution in [0.3, 0.4) is 0 Å². The molecular weight excluding hydrogens is 280 g/mol. The number of ether oxygens (including phenoxy) is 1. The molecule has 0 aliphatic heterocycles. The van der Waals surface area contributed by atoms with Crippen LogP contribution in [0.2, 0.25) is 0 Å². The molecule has 0 amide bonds. The number of terminal acetylenes is 1. The summed E-state index contributed by atoms with van der Waals surface area (Å²) in [5.41, 5.74) is 0.468. The molecule has 0 radical (unpaired) electrons. The number of benzene rings is 1. The summed E-state index contributed by atoms with van der Waals surface area (Å²) in [5.74, 6) is 3.26. The average Bonchev–Trinajstić information content (AvgIpc) is 2.45. The van der Waals surface area contributed by atoms with Gasteiger partial charge in [0, 0.05) is 18.4 Å². The first-order valence-electron chi connectivity index (χ1n) is 5.72. The molecule has 0 aromatic heterocycles. The second kappa shape index (κ2) is 8.07. The van der Waals surface area contributed by atoms with Gasteiger partial charge in [-0.05, 0) is 12.1 Å². The van der Waals surface area contributed by atoms with E-state index in [1.165, 1.54) is 25.3 Å². The Hall–Kier alpha value is -2.20. The lowest BCUT2D eigenvalue weighted by atomic mass is 10.1. The van der Waals surface area contributed by atoms with Crippen LogP contribution < -0.4 is 5.32 Å². The largest absolute Gasteiger partial charge is 0.465 e. The molecule has 0 bridgehead atoms. The van der Waals surface area contributed by atoms with E-state index in [2.05, 4.69) is 16.0 Å². The molecule has 0 spiro atoms. The summed E-state index contributed by atoms with van der Waals surface area (Å²) < 4.78 is 4.59. The number of hydrogen-bond donors (Lipinski definition) is 1. The number of carbonyl (C=O) groups excluding carboxylic acids is 1. The number of nitrogens with one attached hydrogen (secondary N) is 1. The van der Waals surface area contributed by atoms with Crippen molar-refractivity contribution in [2.75, 3.05) is 30.5 Å². The zero-order chi connectivity index (χ0) is 15.0. The number of esters is 1. The number of nitro groups is 1. The predicted molar refractivity (Wildman–Crippen MR) is 79.1 cm³/mol. The molecule has 0 heterocycles. The Kier molecular flexibility index (Phi) is 6.40. The van der Waals surface area contributed by atoms with E-state index in [4.69, 9.17) is 6.42 Å². The first-order chi connectivity index (χ1) is 9.60. The Morgan fingerprint density at radius 1 is 1.60 bits per heavy atom. The van der Waals surface area contributed by atoms with E-state index in [0.717, 1.165) is 0 Å². The van der Waals surface area contributed by atoms with Crippen molar-refractivity contribution in [1.29, 1.82) is 0 Å². The van der Waals surface area contributed by atoms with Crippen LogP contribution in [0.1, 0.15) is 10.4 Å². The highest BCUT2D eigenvalue weighted by Gasteiger charge is 2.16. The van der Waals surface area contributed by atoms with Crippen molar-refractivity contribution >= 4 is 29.1 Å². The fourth-order valence-electron chi connectivity index (χ4n) is 1.47. The molecule has 106 valence electrons. The lowest BCUT2D eigenvalue weighted by Gasteiger charge is -2.08. The van der Waals surface area contributed by atoms with Crippen molar-refractivity contribution in [3.8, 4) is 12.3 Å². The third-order valence-electron chi connectivity index (χ3n) is 2.36. The molecule has 0 saturated carbocycles. The minimum Gasteiger partial charge on any atom is -0.465 e. The van der Waals surface area contributed by atoms with Gasteiger partial charge in [-0.3, -0.25) is 10.1 Å². The maximum absolute atomic E-state index is 11.4. The van der Waals surface area contributed by atoms with Gasteiger partial charge in [0.25, 0.3) is 5.69 Å². The standard InChI is InChI=1S/C13H14N2O4S/c1-3-7-20-8-6-14-11-9-10(13(16)19-2)4-5-12(11)15(17)18/h1,4-5,9,14H,6-8H2,2H3. The van der Waals surface area contributed by atoms with Gasteiger partial charge in [0.15, 0.2) is 0 Å². The van der Waals surface area contributed by atoms with Gasteiger partial charge in [-0.2, -0.15) is 0 Å². The van der Waals surface area contributed by atoms with Gasteiger partial charge in [0.05, 0.1) is 23.3 Å². The SMILES string of the molecule is C#CCSCCNc1cc(C(=O)OC)ccc1[N+](=O)[O-]. The molecule has 1 aromatic rings. The van der Waals surface area contributed by atoms with Crippen molar-refractivity contribution in [2.45, 2.75) is 0 Å². The summed E-state index contributed by atoms with van der Waals surface area (Å²) >= 11 is 1.54. The van der Waals surface area contributed by atoms with Crippen LogP contribution in [0.15, 0.2) is 18.2 Å². The number of carbonyl (C=O) groups is 1. The normalized spacial score (nSPS) is 9.60. The lowest BCUT2D eigenvalue weighted by Crippen LogP contribution is -2.09. The van der Waals surface area contributed by atoms with Crippen LogP contribution in [0.25, 0.3) is 0 Å². The van der Waals surface area contributed by atoms with Crippen molar-refractivity contribution < 1.29 is 14.5 Å². The first kappa shape index (κ1) is 15.9. The van der Waals surface area contributed by atoms with E-state index in [1.54, 1.807) is 11.8 Å². The molecule has 1 rings (SSSR count). The summed E-state index contributed by atoms with van der Waals surface area (Å²) in [6, 6.07) is 4.06. The van der Waals surface area contributed by atoms with Gasteiger partial charge in [-0.15, -0.1) is 18.2 Å². The van der Waals surface area contributed by atoms with E-state index in [-0.39, 0.29) is 11.3 Å². The van der Waals surface area contributed by atoms with E-state index < -0.39 is 10.9 Å². The van der Waals surface area contributed by atoms with Crippen LogP contribution in [0, 0.1) is 22.5 Å². The van der Waals surface area contributed by atoms with Crippen LogP contribution >= 0.6 is 11.8 Å². The number of hydrogen-bond acceptors (Lipinski definition) is 6. The Morgan fingerprint density at radius 3 is 2.95 bits per heavy atom. The first-order valence-corrected chi connectivity index (χ1v) is 6.87. The fourth-order valence-corrected chi connectivity index (χ4v) is 1.98. The molecule has 0 atom stereocenters. The zero-order valence-corrected chi connectivity index (χ0v) is 11.7. The minimum atomic E-state index is -0.537. The molecule has 0 aliphatic carbocycles. The number of methoxy groups -OCH3 is 1.